The second-order valence-corrected chi connectivity index (χ2v) is 9.63. The zero-order valence-electron chi connectivity index (χ0n) is 16.4. The Morgan fingerprint density at radius 3 is 2.48 bits per heavy atom. The Balaban J connectivity index is 1.94. The molecule has 2 aromatic rings. The van der Waals surface area contributed by atoms with Gasteiger partial charge in [-0.2, -0.15) is 4.31 Å². The first-order chi connectivity index (χ1) is 13.7. The number of benzene rings is 2. The van der Waals surface area contributed by atoms with Gasteiger partial charge in [0.2, 0.25) is 10.0 Å². The summed E-state index contributed by atoms with van der Waals surface area (Å²) in [6, 6.07) is 10.7. The lowest BCUT2D eigenvalue weighted by molar-refractivity contribution is -0.384. The van der Waals surface area contributed by atoms with Crippen LogP contribution in [0.15, 0.2) is 47.4 Å². The van der Waals surface area contributed by atoms with Gasteiger partial charge in [-0.05, 0) is 48.1 Å². The minimum Gasteiger partial charge on any atom is -0.392 e. The minimum atomic E-state index is -3.82. The summed E-state index contributed by atoms with van der Waals surface area (Å²) in [6.07, 6.45) is 0.960. The third-order valence-electron chi connectivity index (χ3n) is 5.03. The quantitative estimate of drug-likeness (QED) is 0.547. The van der Waals surface area contributed by atoms with E-state index in [2.05, 4.69) is 5.32 Å². The van der Waals surface area contributed by atoms with Crippen molar-refractivity contribution in [3.8, 4) is 0 Å². The highest BCUT2D eigenvalue weighted by Crippen LogP contribution is 2.33. The first-order valence-electron chi connectivity index (χ1n) is 9.46. The molecule has 9 heteroatoms. The average Bonchev–Trinajstić information content (AvgIpc) is 2.67. The van der Waals surface area contributed by atoms with Gasteiger partial charge in [0.1, 0.15) is 5.69 Å². The van der Waals surface area contributed by atoms with Crippen molar-refractivity contribution >= 4 is 27.1 Å². The molecule has 0 bridgehead atoms. The average molecular weight is 420 g/mol. The fraction of sp³-hybridized carbons (Fsp3) is 0.400. The summed E-state index contributed by atoms with van der Waals surface area (Å²) in [5.74, 6) is 0.478. The first-order valence-corrected chi connectivity index (χ1v) is 10.9. The standard InChI is InChI=1S/C20H25N3O5S/c1-14-8-15(2)12-22(11-14)29(27,28)18-6-7-19(20(10-18)23(25)26)21-17-5-3-4-16(9-17)13-24/h3-7,9-10,14-15,21,24H,8,11-13H2,1-2H3/t14-,15-/m1/s1. The molecule has 1 heterocycles. The highest BCUT2D eigenvalue weighted by Gasteiger charge is 2.33. The van der Waals surface area contributed by atoms with E-state index in [1.54, 1.807) is 24.3 Å². The van der Waals surface area contributed by atoms with Gasteiger partial charge in [-0.1, -0.05) is 26.0 Å². The van der Waals surface area contributed by atoms with E-state index in [1.807, 2.05) is 13.8 Å². The van der Waals surface area contributed by atoms with Crippen molar-refractivity contribution in [3.63, 3.8) is 0 Å². The van der Waals surface area contributed by atoms with Crippen LogP contribution in [0.5, 0.6) is 0 Å². The van der Waals surface area contributed by atoms with Crippen LogP contribution in [0.3, 0.4) is 0 Å². The molecular weight excluding hydrogens is 394 g/mol. The predicted molar refractivity (Wildman–Crippen MR) is 110 cm³/mol. The van der Waals surface area contributed by atoms with Gasteiger partial charge in [-0.25, -0.2) is 8.42 Å². The van der Waals surface area contributed by atoms with Crippen molar-refractivity contribution in [1.29, 1.82) is 0 Å². The van der Waals surface area contributed by atoms with Gasteiger partial charge in [0.15, 0.2) is 0 Å². The summed E-state index contributed by atoms with van der Waals surface area (Å²) in [5.41, 5.74) is 1.09. The van der Waals surface area contributed by atoms with Gasteiger partial charge in [0.25, 0.3) is 5.69 Å². The Labute approximate surface area is 170 Å². The predicted octanol–water partition coefficient (Wildman–Crippen LogP) is 3.50. The molecule has 0 aliphatic carbocycles. The fourth-order valence-corrected chi connectivity index (χ4v) is 5.48. The number of sulfonamides is 1. The van der Waals surface area contributed by atoms with Crippen molar-refractivity contribution in [1.82, 2.24) is 4.31 Å². The molecule has 0 radical (unpaired) electrons. The maximum atomic E-state index is 13.1. The number of hydrogen-bond acceptors (Lipinski definition) is 6. The van der Waals surface area contributed by atoms with Crippen LogP contribution in [0.4, 0.5) is 17.1 Å². The number of rotatable bonds is 6. The highest BCUT2D eigenvalue weighted by molar-refractivity contribution is 7.89. The summed E-state index contributed by atoms with van der Waals surface area (Å²) in [7, 11) is -3.82. The normalized spacial score (nSPS) is 20.4. The van der Waals surface area contributed by atoms with Crippen molar-refractivity contribution in [3.05, 3.63) is 58.1 Å². The molecule has 2 aromatic carbocycles. The van der Waals surface area contributed by atoms with Crippen molar-refractivity contribution in [2.75, 3.05) is 18.4 Å². The van der Waals surface area contributed by atoms with Crippen molar-refractivity contribution < 1.29 is 18.4 Å². The zero-order valence-corrected chi connectivity index (χ0v) is 17.2. The molecule has 2 atom stereocenters. The van der Waals surface area contributed by atoms with E-state index in [4.69, 9.17) is 0 Å². The molecule has 0 spiro atoms. The maximum Gasteiger partial charge on any atom is 0.294 e. The molecule has 3 rings (SSSR count). The van der Waals surface area contributed by atoms with E-state index in [1.165, 1.54) is 16.4 Å². The molecule has 29 heavy (non-hydrogen) atoms. The molecule has 8 nitrogen and oxygen atoms in total. The molecule has 1 saturated heterocycles. The first kappa shape index (κ1) is 21.2. The summed E-state index contributed by atoms with van der Waals surface area (Å²) in [4.78, 5) is 10.9. The number of piperidine rings is 1. The van der Waals surface area contributed by atoms with E-state index in [9.17, 15) is 23.6 Å². The second-order valence-electron chi connectivity index (χ2n) is 7.69. The van der Waals surface area contributed by atoms with Crippen LogP contribution in [0.25, 0.3) is 0 Å². The van der Waals surface area contributed by atoms with Crippen LogP contribution >= 0.6 is 0 Å². The summed E-state index contributed by atoms with van der Waals surface area (Å²) in [5, 5.41) is 23.8. The number of aliphatic hydroxyl groups is 1. The SMILES string of the molecule is C[C@@H]1C[C@@H](C)CN(S(=O)(=O)c2ccc(Nc3cccc(CO)c3)c([N+](=O)[O-])c2)C1. The Morgan fingerprint density at radius 1 is 1.17 bits per heavy atom. The molecule has 1 aliphatic rings. The molecule has 0 aromatic heterocycles. The van der Waals surface area contributed by atoms with Gasteiger partial charge in [0, 0.05) is 24.8 Å². The Hall–Kier alpha value is -2.49. The zero-order chi connectivity index (χ0) is 21.2. The number of nitrogens with zero attached hydrogens (tertiary/aromatic N) is 2. The Kier molecular flexibility index (Phi) is 6.21. The lowest BCUT2D eigenvalue weighted by Crippen LogP contribution is -2.42. The van der Waals surface area contributed by atoms with Gasteiger partial charge in [-0.3, -0.25) is 10.1 Å². The maximum absolute atomic E-state index is 13.1. The Morgan fingerprint density at radius 2 is 1.86 bits per heavy atom. The highest BCUT2D eigenvalue weighted by atomic mass is 32.2. The molecule has 2 N–H and O–H groups in total. The van der Waals surface area contributed by atoms with E-state index in [-0.39, 0.29) is 34.7 Å². The number of aliphatic hydroxyl groups excluding tert-OH is 1. The van der Waals surface area contributed by atoms with Crippen LogP contribution in [0, 0.1) is 22.0 Å². The third-order valence-corrected chi connectivity index (χ3v) is 6.86. The Bertz CT molecular complexity index is 999. The molecular formula is C20H25N3O5S. The van der Waals surface area contributed by atoms with Crippen LogP contribution < -0.4 is 5.32 Å². The largest absolute Gasteiger partial charge is 0.392 e. The lowest BCUT2D eigenvalue weighted by atomic mass is 9.94. The van der Waals surface area contributed by atoms with E-state index in [0.29, 0.717) is 24.3 Å². The van der Waals surface area contributed by atoms with Gasteiger partial charge < -0.3 is 10.4 Å². The van der Waals surface area contributed by atoms with Gasteiger partial charge >= 0.3 is 0 Å². The minimum absolute atomic E-state index is 0.0832. The molecule has 1 aliphatic heterocycles. The monoisotopic (exact) mass is 419 g/mol. The third kappa shape index (κ3) is 4.75. The smallest absolute Gasteiger partial charge is 0.294 e. The molecule has 0 saturated carbocycles. The van der Waals surface area contributed by atoms with E-state index < -0.39 is 14.9 Å². The molecule has 1 fully saturated rings. The van der Waals surface area contributed by atoms with Crippen LogP contribution in [0.2, 0.25) is 0 Å². The van der Waals surface area contributed by atoms with Gasteiger partial charge in [0.05, 0.1) is 16.4 Å². The summed E-state index contributed by atoms with van der Waals surface area (Å²) in [6.45, 7) is 4.69. The summed E-state index contributed by atoms with van der Waals surface area (Å²) < 4.78 is 27.5. The fourth-order valence-electron chi connectivity index (χ4n) is 3.78. The number of nitrogens with one attached hydrogen (secondary N) is 1. The summed E-state index contributed by atoms with van der Waals surface area (Å²) >= 11 is 0. The van der Waals surface area contributed by atoms with Crippen molar-refractivity contribution in [2.45, 2.75) is 31.8 Å². The molecule has 0 amide bonds. The number of nitro groups is 1. The van der Waals surface area contributed by atoms with Crippen molar-refractivity contribution in [2.24, 2.45) is 11.8 Å². The van der Waals surface area contributed by atoms with E-state index >= 15 is 0 Å². The molecule has 0 unspecified atom stereocenters. The number of nitro benzene ring substituents is 1. The van der Waals surface area contributed by atoms with Gasteiger partial charge in [-0.15, -0.1) is 0 Å². The van der Waals surface area contributed by atoms with Crippen LogP contribution in [-0.4, -0.2) is 35.8 Å². The van der Waals surface area contributed by atoms with Crippen LogP contribution in [-0.2, 0) is 16.6 Å². The number of anilines is 2. The number of hydrogen-bond donors (Lipinski definition) is 2. The second kappa shape index (κ2) is 8.48. The lowest BCUT2D eigenvalue weighted by Gasteiger charge is -2.34. The molecule has 156 valence electrons. The van der Waals surface area contributed by atoms with E-state index in [0.717, 1.165) is 12.5 Å². The van der Waals surface area contributed by atoms with Crippen LogP contribution in [0.1, 0.15) is 25.8 Å². The topological polar surface area (TPSA) is 113 Å².